The number of nitrogens with two attached hydrogens (primary N) is 2. The zero-order chi connectivity index (χ0) is 26.1. The van der Waals surface area contributed by atoms with Gasteiger partial charge in [-0.2, -0.15) is 0 Å². The SMILES string of the molecule is COCCOC(=O)OCC(C)(COC(=O)[C@H](C)OC(=O)[C@@H](C)O)C(=O)OCCCCN=C(N)N. The van der Waals surface area contributed by atoms with Crippen LogP contribution in [-0.2, 0) is 42.8 Å². The lowest BCUT2D eigenvalue weighted by Crippen LogP contribution is -2.42. The number of guanidine groups is 1. The largest absolute Gasteiger partial charge is 0.508 e. The number of hydrogen-bond acceptors (Lipinski definition) is 12. The standard InChI is InChI=1S/C20H35N3O11/c1-13(24)15(25)34-14(2)16(26)32-11-20(3,12-33-19(28)31-10-9-29-4)17(27)30-8-6-5-7-23-18(21)22/h13-14,24H,5-12H2,1-4H3,(H4,21,22,23)/t13-,14+,20?/m1/s1. The van der Waals surface area contributed by atoms with E-state index in [9.17, 15) is 24.3 Å². The van der Waals surface area contributed by atoms with Gasteiger partial charge in [-0.3, -0.25) is 9.79 Å². The van der Waals surface area contributed by atoms with Crippen LogP contribution in [0.2, 0.25) is 0 Å². The van der Waals surface area contributed by atoms with Crippen molar-refractivity contribution in [3.63, 3.8) is 0 Å². The number of rotatable bonds is 16. The molecule has 0 amide bonds. The van der Waals surface area contributed by atoms with Crippen molar-refractivity contribution in [3.05, 3.63) is 0 Å². The maximum Gasteiger partial charge on any atom is 0.508 e. The average molecular weight is 494 g/mol. The highest BCUT2D eigenvalue weighted by atomic mass is 16.7. The van der Waals surface area contributed by atoms with Gasteiger partial charge in [-0.15, -0.1) is 0 Å². The minimum absolute atomic E-state index is 0.0169. The Morgan fingerprint density at radius 2 is 1.56 bits per heavy atom. The number of nitrogens with zero attached hydrogens (tertiary/aromatic N) is 1. The van der Waals surface area contributed by atoms with Crippen molar-refractivity contribution < 1.29 is 52.7 Å². The maximum atomic E-state index is 12.7. The monoisotopic (exact) mass is 493 g/mol. The Bertz CT molecular complexity index is 695. The summed E-state index contributed by atoms with van der Waals surface area (Å²) in [7, 11) is 1.42. The summed E-state index contributed by atoms with van der Waals surface area (Å²) in [6.45, 7) is 3.14. The van der Waals surface area contributed by atoms with E-state index in [4.69, 9.17) is 39.9 Å². The molecule has 0 aromatic heterocycles. The van der Waals surface area contributed by atoms with Crippen molar-refractivity contribution in [2.75, 3.05) is 46.7 Å². The second-order valence-corrected chi connectivity index (χ2v) is 7.45. The highest BCUT2D eigenvalue weighted by molar-refractivity contribution is 5.81. The van der Waals surface area contributed by atoms with Gasteiger partial charge in [-0.1, -0.05) is 0 Å². The molecular formula is C20H35N3O11. The molecule has 34 heavy (non-hydrogen) atoms. The van der Waals surface area contributed by atoms with Gasteiger partial charge in [0, 0.05) is 13.7 Å². The number of methoxy groups -OCH3 is 1. The fourth-order valence-corrected chi connectivity index (χ4v) is 2.06. The predicted octanol–water partition coefficient (Wildman–Crippen LogP) is -0.755. The number of aliphatic hydroxyl groups is 1. The van der Waals surface area contributed by atoms with Crippen molar-refractivity contribution in [1.29, 1.82) is 0 Å². The van der Waals surface area contributed by atoms with Gasteiger partial charge in [0.1, 0.15) is 31.3 Å². The fourth-order valence-electron chi connectivity index (χ4n) is 2.06. The lowest BCUT2D eigenvalue weighted by molar-refractivity contribution is -0.177. The number of aliphatic imine (C=N–C) groups is 1. The Morgan fingerprint density at radius 3 is 2.15 bits per heavy atom. The third-order valence-corrected chi connectivity index (χ3v) is 4.09. The summed E-state index contributed by atoms with van der Waals surface area (Å²) >= 11 is 0. The summed E-state index contributed by atoms with van der Waals surface area (Å²) in [5, 5.41) is 9.17. The molecule has 1 unspecified atom stereocenters. The molecule has 0 saturated carbocycles. The lowest BCUT2D eigenvalue weighted by Gasteiger charge is -2.27. The molecule has 0 aliphatic carbocycles. The number of ether oxygens (including phenoxy) is 6. The maximum absolute atomic E-state index is 12.7. The second-order valence-electron chi connectivity index (χ2n) is 7.45. The fraction of sp³-hybridized carbons (Fsp3) is 0.750. The van der Waals surface area contributed by atoms with Gasteiger partial charge in [0.2, 0.25) is 0 Å². The lowest BCUT2D eigenvalue weighted by atomic mass is 9.93. The van der Waals surface area contributed by atoms with Crippen LogP contribution in [0.1, 0.15) is 33.6 Å². The normalized spacial score (nSPS) is 14.0. The first-order valence-corrected chi connectivity index (χ1v) is 10.5. The second kappa shape index (κ2) is 16.5. The van der Waals surface area contributed by atoms with Gasteiger partial charge in [-0.05, 0) is 33.6 Å². The van der Waals surface area contributed by atoms with E-state index in [1.165, 1.54) is 27.9 Å². The number of carbonyl (C=O) groups is 4. The molecule has 0 aromatic carbocycles. The molecule has 14 nitrogen and oxygen atoms in total. The van der Waals surface area contributed by atoms with E-state index in [2.05, 4.69) is 4.99 Å². The van der Waals surface area contributed by atoms with Gasteiger partial charge < -0.3 is 45.0 Å². The minimum Gasteiger partial charge on any atom is -0.465 e. The molecule has 3 atom stereocenters. The molecule has 14 heteroatoms. The third-order valence-electron chi connectivity index (χ3n) is 4.09. The van der Waals surface area contributed by atoms with Crippen LogP contribution in [0.15, 0.2) is 4.99 Å². The zero-order valence-electron chi connectivity index (χ0n) is 19.9. The highest BCUT2D eigenvalue weighted by Crippen LogP contribution is 2.21. The summed E-state index contributed by atoms with van der Waals surface area (Å²) in [6, 6.07) is 0. The molecular weight excluding hydrogens is 458 g/mol. The first kappa shape index (κ1) is 30.9. The van der Waals surface area contributed by atoms with Crippen molar-refractivity contribution in [1.82, 2.24) is 0 Å². The Morgan fingerprint density at radius 1 is 0.912 bits per heavy atom. The van der Waals surface area contributed by atoms with Gasteiger partial charge in [-0.25, -0.2) is 14.4 Å². The van der Waals surface area contributed by atoms with Gasteiger partial charge in [0.25, 0.3) is 0 Å². The molecule has 0 aliphatic rings. The van der Waals surface area contributed by atoms with Crippen LogP contribution in [0.3, 0.4) is 0 Å². The molecule has 196 valence electrons. The van der Waals surface area contributed by atoms with E-state index < -0.39 is 54.9 Å². The van der Waals surface area contributed by atoms with Crippen molar-refractivity contribution >= 4 is 30.0 Å². The Balaban J connectivity index is 4.98. The van der Waals surface area contributed by atoms with Crippen molar-refractivity contribution in [2.24, 2.45) is 21.9 Å². The first-order chi connectivity index (χ1) is 15.9. The van der Waals surface area contributed by atoms with Crippen molar-refractivity contribution in [3.8, 4) is 0 Å². The Kier molecular flexibility index (Phi) is 15.0. The van der Waals surface area contributed by atoms with Gasteiger partial charge in [0.15, 0.2) is 12.1 Å². The van der Waals surface area contributed by atoms with Crippen LogP contribution < -0.4 is 11.5 Å². The summed E-state index contributed by atoms with van der Waals surface area (Å²) < 4.78 is 29.5. The molecule has 0 bridgehead atoms. The summed E-state index contributed by atoms with van der Waals surface area (Å²) in [5.74, 6) is -2.85. The molecule has 0 radical (unpaired) electrons. The molecule has 5 N–H and O–H groups in total. The van der Waals surface area contributed by atoms with E-state index in [1.807, 2.05) is 0 Å². The van der Waals surface area contributed by atoms with E-state index in [-0.39, 0.29) is 25.8 Å². The summed E-state index contributed by atoms with van der Waals surface area (Å²) in [5.41, 5.74) is 8.87. The molecule has 0 fully saturated rings. The van der Waals surface area contributed by atoms with Gasteiger partial charge >= 0.3 is 24.1 Å². The predicted molar refractivity (Wildman–Crippen MR) is 116 cm³/mol. The number of hydrogen-bond donors (Lipinski definition) is 3. The average Bonchev–Trinajstić information content (AvgIpc) is 2.77. The molecule has 0 heterocycles. The molecule has 0 aliphatic heterocycles. The Hall–Kier alpha value is -3.13. The quantitative estimate of drug-likeness (QED) is 0.0795. The van der Waals surface area contributed by atoms with Crippen molar-refractivity contribution in [2.45, 2.75) is 45.8 Å². The minimum atomic E-state index is -1.59. The topological polar surface area (TPSA) is 208 Å². The first-order valence-electron chi connectivity index (χ1n) is 10.5. The number of carbonyl (C=O) groups excluding carboxylic acids is 4. The molecule has 0 aromatic rings. The molecule has 0 rings (SSSR count). The van der Waals surface area contributed by atoms with Crippen LogP contribution in [0.25, 0.3) is 0 Å². The van der Waals surface area contributed by atoms with E-state index in [0.717, 1.165) is 0 Å². The van der Waals surface area contributed by atoms with Gasteiger partial charge in [0.05, 0.1) is 13.2 Å². The smallest absolute Gasteiger partial charge is 0.465 e. The summed E-state index contributed by atoms with van der Waals surface area (Å²) in [6.07, 6.45) is -2.84. The van der Waals surface area contributed by atoms with Crippen LogP contribution in [0, 0.1) is 5.41 Å². The third kappa shape index (κ3) is 13.4. The summed E-state index contributed by atoms with van der Waals surface area (Å²) in [4.78, 5) is 51.8. The van der Waals surface area contributed by atoms with E-state index in [1.54, 1.807) is 0 Å². The zero-order valence-corrected chi connectivity index (χ0v) is 19.9. The highest BCUT2D eigenvalue weighted by Gasteiger charge is 2.39. The van der Waals surface area contributed by atoms with E-state index >= 15 is 0 Å². The van der Waals surface area contributed by atoms with E-state index in [0.29, 0.717) is 19.4 Å². The number of esters is 3. The molecule has 0 saturated heterocycles. The van der Waals surface area contributed by atoms with Crippen LogP contribution in [0.4, 0.5) is 4.79 Å². The molecule has 0 spiro atoms. The number of unbranched alkanes of at least 4 members (excludes halogenated alkanes) is 1. The van der Waals surface area contributed by atoms with Crippen LogP contribution in [0.5, 0.6) is 0 Å². The van der Waals surface area contributed by atoms with Crippen LogP contribution in [-0.4, -0.2) is 94.0 Å². The number of aliphatic hydroxyl groups excluding tert-OH is 1. The Labute approximate surface area is 197 Å². The van der Waals surface area contributed by atoms with Crippen LogP contribution >= 0.6 is 0 Å².